The van der Waals surface area contributed by atoms with E-state index < -0.39 is 14.8 Å². The van der Waals surface area contributed by atoms with Gasteiger partial charge in [0, 0.05) is 31.1 Å². The Hall–Kier alpha value is -3.46. The molecule has 29 heavy (non-hydrogen) atoms. The Kier molecular flexibility index (Phi) is 6.08. The SMILES string of the molecule is CS(=O)(=O)c1ccc(NCc2ccnc(OCc3ccccc3)c2)c([N+](=O)[O-])c1. The van der Waals surface area contributed by atoms with E-state index in [9.17, 15) is 18.5 Å². The van der Waals surface area contributed by atoms with Gasteiger partial charge in [-0.05, 0) is 29.3 Å². The van der Waals surface area contributed by atoms with E-state index in [0.29, 0.717) is 12.5 Å². The molecule has 1 N–H and O–H groups in total. The van der Waals surface area contributed by atoms with Gasteiger partial charge < -0.3 is 10.1 Å². The summed E-state index contributed by atoms with van der Waals surface area (Å²) >= 11 is 0. The minimum absolute atomic E-state index is 0.102. The Labute approximate surface area is 168 Å². The van der Waals surface area contributed by atoms with Crippen LogP contribution >= 0.6 is 0 Å². The van der Waals surface area contributed by atoms with Gasteiger partial charge in [-0.15, -0.1) is 0 Å². The Bertz CT molecular complexity index is 1120. The Balaban J connectivity index is 1.70. The lowest BCUT2D eigenvalue weighted by atomic mass is 10.2. The number of anilines is 1. The molecule has 0 saturated heterocycles. The highest BCUT2D eigenvalue weighted by Crippen LogP contribution is 2.28. The largest absolute Gasteiger partial charge is 0.473 e. The van der Waals surface area contributed by atoms with Gasteiger partial charge in [-0.3, -0.25) is 10.1 Å². The maximum absolute atomic E-state index is 11.6. The normalized spacial score (nSPS) is 11.1. The number of benzene rings is 2. The van der Waals surface area contributed by atoms with Gasteiger partial charge in [-0.1, -0.05) is 30.3 Å². The number of nitrogens with zero attached hydrogens (tertiary/aromatic N) is 2. The van der Waals surface area contributed by atoms with Crippen LogP contribution in [0, 0.1) is 10.1 Å². The molecule has 0 fully saturated rings. The minimum atomic E-state index is -3.53. The average molecular weight is 413 g/mol. The number of sulfone groups is 1. The van der Waals surface area contributed by atoms with Crippen molar-refractivity contribution in [3.05, 3.63) is 88.1 Å². The van der Waals surface area contributed by atoms with Crippen molar-refractivity contribution in [1.29, 1.82) is 0 Å². The lowest BCUT2D eigenvalue weighted by Crippen LogP contribution is -2.05. The van der Waals surface area contributed by atoms with E-state index in [4.69, 9.17) is 4.74 Å². The topological polar surface area (TPSA) is 111 Å². The molecule has 0 spiro atoms. The van der Waals surface area contributed by atoms with Crippen molar-refractivity contribution < 1.29 is 18.1 Å². The Morgan fingerprint density at radius 2 is 1.83 bits per heavy atom. The van der Waals surface area contributed by atoms with Crippen molar-refractivity contribution in [2.45, 2.75) is 18.0 Å². The molecule has 1 heterocycles. The molecule has 0 aliphatic rings. The summed E-state index contributed by atoms with van der Waals surface area (Å²) in [7, 11) is -3.53. The number of aromatic nitrogens is 1. The van der Waals surface area contributed by atoms with E-state index in [1.54, 1.807) is 18.3 Å². The number of ether oxygens (including phenoxy) is 1. The van der Waals surface area contributed by atoms with Crippen molar-refractivity contribution in [2.24, 2.45) is 0 Å². The number of hydrogen-bond donors (Lipinski definition) is 1. The fraction of sp³-hybridized carbons (Fsp3) is 0.150. The van der Waals surface area contributed by atoms with Crippen molar-refractivity contribution in [3.63, 3.8) is 0 Å². The number of hydrogen-bond acceptors (Lipinski definition) is 7. The fourth-order valence-electron chi connectivity index (χ4n) is 2.61. The lowest BCUT2D eigenvalue weighted by Gasteiger charge is -2.10. The third-order valence-corrected chi connectivity index (χ3v) is 5.22. The second-order valence-electron chi connectivity index (χ2n) is 6.34. The molecule has 0 saturated carbocycles. The molecule has 150 valence electrons. The monoisotopic (exact) mass is 413 g/mol. The molecule has 8 nitrogen and oxygen atoms in total. The van der Waals surface area contributed by atoms with E-state index in [-0.39, 0.29) is 22.8 Å². The van der Waals surface area contributed by atoms with Gasteiger partial charge in [0.05, 0.1) is 9.82 Å². The molecule has 0 aliphatic heterocycles. The third-order valence-electron chi connectivity index (χ3n) is 4.11. The van der Waals surface area contributed by atoms with Crippen LogP contribution in [-0.4, -0.2) is 24.6 Å². The van der Waals surface area contributed by atoms with Crippen LogP contribution in [0.1, 0.15) is 11.1 Å². The zero-order valence-corrected chi connectivity index (χ0v) is 16.4. The van der Waals surface area contributed by atoms with Crippen LogP contribution in [0.5, 0.6) is 5.88 Å². The summed E-state index contributed by atoms with van der Waals surface area (Å²) in [4.78, 5) is 14.8. The average Bonchev–Trinajstić information content (AvgIpc) is 2.71. The van der Waals surface area contributed by atoms with Crippen LogP contribution in [0.2, 0.25) is 0 Å². The fourth-order valence-corrected chi connectivity index (χ4v) is 3.25. The summed E-state index contributed by atoms with van der Waals surface area (Å²) in [5, 5.41) is 14.3. The van der Waals surface area contributed by atoms with Crippen LogP contribution in [0.25, 0.3) is 0 Å². The maximum atomic E-state index is 11.6. The highest BCUT2D eigenvalue weighted by atomic mass is 32.2. The van der Waals surface area contributed by atoms with E-state index in [0.717, 1.165) is 23.4 Å². The summed E-state index contributed by atoms with van der Waals surface area (Å²) < 4.78 is 29.0. The third kappa shape index (κ3) is 5.52. The molecule has 0 bridgehead atoms. The van der Waals surface area contributed by atoms with Gasteiger partial charge in [-0.2, -0.15) is 0 Å². The molecule has 0 aliphatic carbocycles. The smallest absolute Gasteiger partial charge is 0.293 e. The molecule has 3 rings (SSSR count). The summed E-state index contributed by atoms with van der Waals surface area (Å²) in [5.74, 6) is 0.440. The molecule has 1 aromatic heterocycles. The lowest BCUT2D eigenvalue weighted by molar-refractivity contribution is -0.384. The van der Waals surface area contributed by atoms with Crippen molar-refractivity contribution >= 4 is 21.2 Å². The first-order valence-corrected chi connectivity index (χ1v) is 10.6. The molecule has 2 aromatic carbocycles. The first kappa shape index (κ1) is 20.3. The molecular weight excluding hydrogens is 394 g/mol. The molecule has 3 aromatic rings. The van der Waals surface area contributed by atoms with Gasteiger partial charge >= 0.3 is 0 Å². The van der Waals surface area contributed by atoms with Crippen molar-refractivity contribution in [1.82, 2.24) is 4.98 Å². The first-order valence-electron chi connectivity index (χ1n) is 8.67. The summed E-state index contributed by atoms with van der Waals surface area (Å²) in [6, 6.07) is 17.0. The Morgan fingerprint density at radius 3 is 2.52 bits per heavy atom. The van der Waals surface area contributed by atoms with Gasteiger partial charge in [-0.25, -0.2) is 13.4 Å². The predicted molar refractivity (Wildman–Crippen MR) is 109 cm³/mol. The highest BCUT2D eigenvalue weighted by molar-refractivity contribution is 7.90. The minimum Gasteiger partial charge on any atom is -0.473 e. The van der Waals surface area contributed by atoms with Crippen LogP contribution in [-0.2, 0) is 23.0 Å². The number of nitrogens with one attached hydrogen (secondary N) is 1. The second-order valence-corrected chi connectivity index (χ2v) is 8.35. The van der Waals surface area contributed by atoms with E-state index in [1.807, 2.05) is 30.3 Å². The second kappa shape index (κ2) is 8.70. The van der Waals surface area contributed by atoms with E-state index in [2.05, 4.69) is 10.3 Å². The van der Waals surface area contributed by atoms with Gasteiger partial charge in [0.2, 0.25) is 5.88 Å². The van der Waals surface area contributed by atoms with Crippen molar-refractivity contribution in [2.75, 3.05) is 11.6 Å². The zero-order chi connectivity index (χ0) is 20.9. The van der Waals surface area contributed by atoms with Crippen LogP contribution < -0.4 is 10.1 Å². The molecule has 0 amide bonds. The Morgan fingerprint density at radius 1 is 1.07 bits per heavy atom. The van der Waals surface area contributed by atoms with E-state index >= 15 is 0 Å². The summed E-state index contributed by atoms with van der Waals surface area (Å²) in [5.41, 5.74) is 1.75. The summed E-state index contributed by atoms with van der Waals surface area (Å²) in [6.45, 7) is 0.659. The zero-order valence-electron chi connectivity index (χ0n) is 15.6. The quantitative estimate of drug-likeness (QED) is 0.444. The van der Waals surface area contributed by atoms with Crippen LogP contribution in [0.4, 0.5) is 11.4 Å². The van der Waals surface area contributed by atoms with E-state index in [1.165, 1.54) is 12.1 Å². The van der Waals surface area contributed by atoms with Gasteiger partial charge in [0.25, 0.3) is 5.69 Å². The van der Waals surface area contributed by atoms with Gasteiger partial charge in [0.15, 0.2) is 9.84 Å². The number of pyridine rings is 1. The highest BCUT2D eigenvalue weighted by Gasteiger charge is 2.18. The summed E-state index contributed by atoms with van der Waals surface area (Å²) in [6.07, 6.45) is 2.60. The standard InChI is InChI=1S/C20H19N3O5S/c1-29(26,27)17-7-8-18(19(12-17)23(24)25)22-13-16-9-10-21-20(11-16)28-14-15-5-3-2-4-6-15/h2-12,22H,13-14H2,1H3. The molecule has 0 unspecified atom stereocenters. The predicted octanol–water partition coefficient (Wildman–Crippen LogP) is 3.58. The molecule has 9 heteroatoms. The number of nitro benzene ring substituents is 1. The number of rotatable bonds is 8. The number of nitro groups is 1. The maximum Gasteiger partial charge on any atom is 0.293 e. The first-order chi connectivity index (χ1) is 13.8. The van der Waals surface area contributed by atoms with Crippen LogP contribution in [0.15, 0.2) is 71.8 Å². The molecular formula is C20H19N3O5S. The van der Waals surface area contributed by atoms with Crippen LogP contribution in [0.3, 0.4) is 0 Å². The molecule has 0 radical (unpaired) electrons. The van der Waals surface area contributed by atoms with Gasteiger partial charge in [0.1, 0.15) is 12.3 Å². The van der Waals surface area contributed by atoms with Crippen molar-refractivity contribution in [3.8, 4) is 5.88 Å². The molecule has 0 atom stereocenters.